The van der Waals surface area contributed by atoms with Gasteiger partial charge in [-0.25, -0.2) is 0 Å². The molecular weight excluding hydrogens is 196 g/mol. The molecule has 0 bridgehead atoms. The predicted octanol–water partition coefficient (Wildman–Crippen LogP) is 3.91. The van der Waals surface area contributed by atoms with Crippen LogP contribution in [0.1, 0.15) is 39.2 Å². The third-order valence-corrected chi connectivity index (χ3v) is 2.68. The van der Waals surface area contributed by atoms with Crippen molar-refractivity contribution >= 4 is 16.6 Å². The van der Waals surface area contributed by atoms with Gasteiger partial charge in [0, 0.05) is 24.3 Å². The highest BCUT2D eigenvalue weighted by atomic mass is 14.9. The minimum atomic E-state index is 0.517. The molecule has 0 aliphatic heterocycles. The Morgan fingerprint density at radius 2 is 1.81 bits per heavy atom. The molecule has 0 spiro atoms. The zero-order valence-corrected chi connectivity index (χ0v) is 10.9. The quantitative estimate of drug-likeness (QED) is 0.723. The lowest BCUT2D eigenvalue weighted by atomic mass is 9.99. The van der Waals surface area contributed by atoms with Gasteiger partial charge < -0.3 is 10.3 Å². The molecule has 0 amide bonds. The molecule has 16 heavy (non-hydrogen) atoms. The molecule has 2 rings (SSSR count). The summed E-state index contributed by atoms with van der Waals surface area (Å²) >= 11 is 0. The number of rotatable bonds is 1. The lowest BCUT2D eigenvalue weighted by molar-refractivity contribution is 0.876. The van der Waals surface area contributed by atoms with Crippen LogP contribution in [0, 0.1) is 0 Å². The minimum Gasteiger partial charge on any atom is -0.399 e. The Labute approximate surface area is 98.1 Å². The monoisotopic (exact) mass is 218 g/mol. The van der Waals surface area contributed by atoms with Gasteiger partial charge in [-0.1, -0.05) is 27.7 Å². The van der Waals surface area contributed by atoms with E-state index in [4.69, 9.17) is 5.73 Å². The van der Waals surface area contributed by atoms with Crippen molar-refractivity contribution in [3.05, 3.63) is 30.0 Å². The Hall–Kier alpha value is -1.44. The second-order valence-corrected chi connectivity index (χ2v) is 4.12. The number of anilines is 1. The van der Waals surface area contributed by atoms with Crippen LogP contribution in [0.3, 0.4) is 0 Å². The molecule has 2 nitrogen and oxygen atoms in total. The highest BCUT2D eigenvalue weighted by molar-refractivity contribution is 5.87. The summed E-state index contributed by atoms with van der Waals surface area (Å²) in [6.45, 7) is 8.39. The van der Waals surface area contributed by atoms with Crippen LogP contribution in [-0.4, -0.2) is 4.57 Å². The largest absolute Gasteiger partial charge is 0.399 e. The van der Waals surface area contributed by atoms with Gasteiger partial charge in [0.25, 0.3) is 0 Å². The van der Waals surface area contributed by atoms with E-state index in [2.05, 4.69) is 36.7 Å². The van der Waals surface area contributed by atoms with Crippen molar-refractivity contribution in [3.8, 4) is 0 Å². The van der Waals surface area contributed by atoms with Crippen molar-refractivity contribution in [3.63, 3.8) is 0 Å². The van der Waals surface area contributed by atoms with Crippen molar-refractivity contribution in [2.45, 2.75) is 33.6 Å². The van der Waals surface area contributed by atoms with E-state index in [9.17, 15) is 0 Å². The van der Waals surface area contributed by atoms with Gasteiger partial charge in [0.1, 0.15) is 0 Å². The van der Waals surface area contributed by atoms with Crippen molar-refractivity contribution in [2.24, 2.45) is 7.05 Å². The summed E-state index contributed by atoms with van der Waals surface area (Å²) in [5.41, 5.74) is 9.28. The number of fused-ring (bicyclic) bond motifs is 1. The van der Waals surface area contributed by atoms with Crippen molar-refractivity contribution in [1.82, 2.24) is 4.57 Å². The topological polar surface area (TPSA) is 30.9 Å². The van der Waals surface area contributed by atoms with Gasteiger partial charge in [0.05, 0.1) is 5.52 Å². The van der Waals surface area contributed by atoms with Gasteiger partial charge >= 0.3 is 0 Å². The van der Waals surface area contributed by atoms with E-state index < -0.39 is 0 Å². The average Bonchev–Trinajstić information content (AvgIpc) is 2.62. The van der Waals surface area contributed by atoms with E-state index in [1.165, 1.54) is 16.5 Å². The Balaban J connectivity index is 0.000000606. The Morgan fingerprint density at radius 3 is 2.38 bits per heavy atom. The van der Waals surface area contributed by atoms with E-state index in [1.54, 1.807) is 0 Å². The minimum absolute atomic E-state index is 0.517. The zero-order chi connectivity index (χ0) is 12.3. The van der Waals surface area contributed by atoms with Crippen molar-refractivity contribution in [2.75, 3.05) is 5.73 Å². The Bertz CT molecular complexity index is 467. The highest BCUT2D eigenvalue weighted by Crippen LogP contribution is 2.28. The molecule has 0 aliphatic rings. The molecule has 1 heterocycles. The number of nitrogen functional groups attached to an aromatic ring is 1. The smallest absolute Gasteiger partial charge is 0.0501 e. The third kappa shape index (κ3) is 2.21. The normalized spacial score (nSPS) is 10.4. The van der Waals surface area contributed by atoms with E-state index in [-0.39, 0.29) is 0 Å². The van der Waals surface area contributed by atoms with Crippen LogP contribution in [0.5, 0.6) is 0 Å². The number of nitrogens with two attached hydrogens (primary N) is 1. The summed E-state index contributed by atoms with van der Waals surface area (Å²) in [6, 6.07) is 6.26. The number of hydrogen-bond acceptors (Lipinski definition) is 1. The van der Waals surface area contributed by atoms with Gasteiger partial charge in [-0.3, -0.25) is 0 Å². The second kappa shape index (κ2) is 5.06. The number of nitrogens with zero attached hydrogens (tertiary/aromatic N) is 1. The number of aryl methyl sites for hydroxylation is 1. The maximum absolute atomic E-state index is 5.88. The summed E-state index contributed by atoms with van der Waals surface area (Å²) in [4.78, 5) is 0. The molecule has 0 radical (unpaired) electrons. The molecule has 2 aromatic rings. The van der Waals surface area contributed by atoms with E-state index in [0.29, 0.717) is 5.92 Å². The summed E-state index contributed by atoms with van der Waals surface area (Å²) in [5, 5.41) is 1.32. The average molecular weight is 218 g/mol. The fraction of sp³-hybridized carbons (Fsp3) is 0.429. The van der Waals surface area contributed by atoms with Crippen molar-refractivity contribution in [1.29, 1.82) is 0 Å². The zero-order valence-electron chi connectivity index (χ0n) is 10.9. The summed E-state index contributed by atoms with van der Waals surface area (Å²) in [6.07, 6.45) is 2.08. The van der Waals surface area contributed by atoms with Gasteiger partial charge in [-0.05, 0) is 29.7 Å². The van der Waals surface area contributed by atoms with Crippen LogP contribution in [0.4, 0.5) is 5.69 Å². The first-order valence-electron chi connectivity index (χ1n) is 5.94. The van der Waals surface area contributed by atoms with E-state index >= 15 is 0 Å². The van der Waals surface area contributed by atoms with Gasteiger partial charge in [0.2, 0.25) is 0 Å². The van der Waals surface area contributed by atoms with Gasteiger partial charge in [0.15, 0.2) is 0 Å². The molecule has 88 valence electrons. The number of benzene rings is 1. The van der Waals surface area contributed by atoms with Gasteiger partial charge in [-0.2, -0.15) is 0 Å². The first-order valence-corrected chi connectivity index (χ1v) is 5.94. The van der Waals surface area contributed by atoms with Crippen LogP contribution in [0.15, 0.2) is 24.4 Å². The molecule has 0 atom stereocenters. The Kier molecular flexibility index (Phi) is 3.99. The van der Waals surface area contributed by atoms with Crippen LogP contribution in [0.25, 0.3) is 10.9 Å². The fourth-order valence-electron chi connectivity index (χ4n) is 1.90. The van der Waals surface area contributed by atoms with E-state index in [1.807, 2.05) is 27.0 Å². The molecule has 0 unspecified atom stereocenters. The van der Waals surface area contributed by atoms with Crippen LogP contribution >= 0.6 is 0 Å². The molecule has 1 aromatic carbocycles. The molecule has 0 aliphatic carbocycles. The van der Waals surface area contributed by atoms with Crippen molar-refractivity contribution < 1.29 is 0 Å². The number of aromatic nitrogens is 1. The lowest BCUT2D eigenvalue weighted by Crippen LogP contribution is -1.94. The SMILES string of the molecule is CC.CC(C)c1cc(N)cc2c1ccn2C. The highest BCUT2D eigenvalue weighted by Gasteiger charge is 2.08. The molecule has 1 aromatic heterocycles. The maximum Gasteiger partial charge on any atom is 0.0501 e. The van der Waals surface area contributed by atoms with E-state index in [0.717, 1.165) is 5.69 Å². The predicted molar refractivity (Wildman–Crippen MR) is 72.8 cm³/mol. The summed E-state index contributed by atoms with van der Waals surface area (Å²) in [5.74, 6) is 0.517. The third-order valence-electron chi connectivity index (χ3n) is 2.68. The molecule has 2 heteroatoms. The molecule has 2 N–H and O–H groups in total. The second-order valence-electron chi connectivity index (χ2n) is 4.12. The molecule has 0 fully saturated rings. The Morgan fingerprint density at radius 1 is 1.19 bits per heavy atom. The molecular formula is C14H22N2. The first kappa shape index (κ1) is 12.6. The summed E-state index contributed by atoms with van der Waals surface area (Å²) in [7, 11) is 2.05. The van der Waals surface area contributed by atoms with Crippen LogP contribution < -0.4 is 5.73 Å². The number of hydrogen-bond donors (Lipinski definition) is 1. The lowest BCUT2D eigenvalue weighted by Gasteiger charge is -2.09. The molecule has 0 saturated carbocycles. The maximum atomic E-state index is 5.88. The summed E-state index contributed by atoms with van der Waals surface area (Å²) < 4.78 is 2.11. The van der Waals surface area contributed by atoms with Crippen LogP contribution in [0.2, 0.25) is 0 Å². The first-order chi connectivity index (χ1) is 7.59. The van der Waals surface area contributed by atoms with Gasteiger partial charge in [-0.15, -0.1) is 0 Å². The fourth-order valence-corrected chi connectivity index (χ4v) is 1.90. The van der Waals surface area contributed by atoms with Crippen LogP contribution in [-0.2, 0) is 7.05 Å². The standard InChI is InChI=1S/C12H16N2.C2H6/c1-8(2)11-6-9(13)7-12-10(11)4-5-14(12)3;1-2/h4-8H,13H2,1-3H3;1-2H3. The molecule has 0 saturated heterocycles.